The molecule has 4 aliphatic carbocycles. The molecule has 0 saturated heterocycles. The van der Waals surface area contributed by atoms with E-state index in [1.54, 1.807) is 0 Å². The highest BCUT2D eigenvalue weighted by Gasteiger charge is 2.76. The summed E-state index contributed by atoms with van der Waals surface area (Å²) in [5.41, 5.74) is -2.75. The Kier molecular flexibility index (Phi) is 2.96. The minimum Gasteiger partial charge on any atom is -0.383 e. The third-order valence-electron chi connectivity index (χ3n) is 5.65. The summed E-state index contributed by atoms with van der Waals surface area (Å²) < 4.78 is 53.9. The number of hydrogen-bond acceptors (Lipinski definition) is 3. The SMILES string of the molecule is OC(O)(C(F)F)C(F)(F)C1(O)C2CC3CC(C2)CC1C3. The summed E-state index contributed by atoms with van der Waals surface area (Å²) in [4.78, 5) is 0. The van der Waals surface area contributed by atoms with Gasteiger partial charge in [0.1, 0.15) is 5.60 Å². The second kappa shape index (κ2) is 4.08. The van der Waals surface area contributed by atoms with Crippen LogP contribution in [0.15, 0.2) is 0 Å². The van der Waals surface area contributed by atoms with E-state index >= 15 is 0 Å². The highest BCUT2D eigenvalue weighted by Crippen LogP contribution is 2.63. The third kappa shape index (κ3) is 1.57. The van der Waals surface area contributed by atoms with E-state index in [1.165, 1.54) is 0 Å². The molecular formula is C13H18F4O3. The molecule has 20 heavy (non-hydrogen) atoms. The Bertz CT molecular complexity index is 382. The molecule has 3 nitrogen and oxygen atoms in total. The van der Waals surface area contributed by atoms with Crippen molar-refractivity contribution >= 4 is 0 Å². The van der Waals surface area contributed by atoms with Gasteiger partial charge in [0.25, 0.3) is 12.2 Å². The minimum atomic E-state index is -4.66. The van der Waals surface area contributed by atoms with Gasteiger partial charge in [0.15, 0.2) is 0 Å². The van der Waals surface area contributed by atoms with Gasteiger partial charge >= 0.3 is 5.92 Å². The van der Waals surface area contributed by atoms with Crippen LogP contribution in [0.3, 0.4) is 0 Å². The van der Waals surface area contributed by atoms with E-state index in [0.29, 0.717) is 25.7 Å². The molecule has 0 spiro atoms. The Hall–Kier alpha value is -0.400. The lowest BCUT2D eigenvalue weighted by Gasteiger charge is -2.61. The summed E-state index contributed by atoms with van der Waals surface area (Å²) >= 11 is 0. The van der Waals surface area contributed by atoms with Crippen molar-refractivity contribution in [3.05, 3.63) is 0 Å². The first-order valence-electron chi connectivity index (χ1n) is 6.93. The van der Waals surface area contributed by atoms with E-state index in [-0.39, 0.29) is 11.8 Å². The van der Waals surface area contributed by atoms with Crippen molar-refractivity contribution in [3.63, 3.8) is 0 Å². The summed E-state index contributed by atoms with van der Waals surface area (Å²) in [5.74, 6) is -10.4. The highest BCUT2D eigenvalue weighted by atomic mass is 19.3. The highest BCUT2D eigenvalue weighted by molar-refractivity contribution is 5.15. The summed E-state index contributed by atoms with van der Waals surface area (Å²) in [5, 5.41) is 28.8. The molecule has 0 unspecified atom stereocenters. The van der Waals surface area contributed by atoms with Crippen molar-refractivity contribution in [1.82, 2.24) is 0 Å². The van der Waals surface area contributed by atoms with E-state index < -0.39 is 35.6 Å². The van der Waals surface area contributed by atoms with Crippen molar-refractivity contribution < 1.29 is 32.9 Å². The monoisotopic (exact) mass is 298 g/mol. The van der Waals surface area contributed by atoms with Gasteiger partial charge in [-0.1, -0.05) is 0 Å². The molecule has 0 heterocycles. The van der Waals surface area contributed by atoms with E-state index in [9.17, 15) is 22.7 Å². The molecule has 4 fully saturated rings. The van der Waals surface area contributed by atoms with Crippen molar-refractivity contribution in [2.75, 3.05) is 0 Å². The lowest BCUT2D eigenvalue weighted by molar-refractivity contribution is -0.410. The fraction of sp³-hybridized carbons (Fsp3) is 1.00. The van der Waals surface area contributed by atoms with Gasteiger partial charge in [0, 0.05) is 0 Å². The Morgan fingerprint density at radius 1 is 0.900 bits per heavy atom. The van der Waals surface area contributed by atoms with Gasteiger partial charge in [0.2, 0.25) is 0 Å². The molecule has 0 aliphatic heterocycles. The summed E-state index contributed by atoms with van der Waals surface area (Å²) in [7, 11) is 0. The summed E-state index contributed by atoms with van der Waals surface area (Å²) in [6, 6.07) is 0. The lowest BCUT2D eigenvalue weighted by Crippen LogP contribution is -2.74. The van der Waals surface area contributed by atoms with Crippen LogP contribution in [0.2, 0.25) is 0 Å². The zero-order valence-corrected chi connectivity index (χ0v) is 10.8. The number of rotatable bonds is 3. The van der Waals surface area contributed by atoms with Crippen LogP contribution < -0.4 is 0 Å². The van der Waals surface area contributed by atoms with Crippen LogP contribution in [0.5, 0.6) is 0 Å². The smallest absolute Gasteiger partial charge is 0.334 e. The molecule has 4 aliphatic rings. The molecule has 0 radical (unpaired) electrons. The largest absolute Gasteiger partial charge is 0.383 e. The van der Waals surface area contributed by atoms with Gasteiger partial charge in [-0.05, 0) is 55.8 Å². The standard InChI is InChI=1S/C13H18F4O3/c14-10(15)12(19,20)13(16,17)11(18)8-2-6-1-7(4-8)5-9(11)3-6/h6-10,18-20H,1-5H2. The van der Waals surface area contributed by atoms with Crippen molar-refractivity contribution in [2.24, 2.45) is 23.7 Å². The second-order valence-electron chi connectivity index (χ2n) is 6.73. The fourth-order valence-corrected chi connectivity index (χ4v) is 4.85. The summed E-state index contributed by atoms with van der Waals surface area (Å²) in [6.07, 6.45) is -1.72. The van der Waals surface area contributed by atoms with E-state index in [4.69, 9.17) is 10.2 Å². The van der Waals surface area contributed by atoms with E-state index in [2.05, 4.69) is 0 Å². The van der Waals surface area contributed by atoms with Gasteiger partial charge in [-0.3, -0.25) is 0 Å². The molecular weight excluding hydrogens is 280 g/mol. The Morgan fingerprint density at radius 3 is 1.65 bits per heavy atom. The van der Waals surface area contributed by atoms with E-state index in [0.717, 1.165) is 6.42 Å². The fourth-order valence-electron chi connectivity index (χ4n) is 4.85. The first-order chi connectivity index (χ1) is 9.10. The van der Waals surface area contributed by atoms with Crippen LogP contribution in [0.1, 0.15) is 32.1 Å². The maximum atomic E-state index is 14.4. The molecule has 4 rings (SSSR count). The van der Waals surface area contributed by atoms with Crippen LogP contribution in [0, 0.1) is 23.7 Å². The molecule has 4 bridgehead atoms. The average Bonchev–Trinajstić information content (AvgIpc) is 2.34. The van der Waals surface area contributed by atoms with Crippen LogP contribution >= 0.6 is 0 Å². The zero-order valence-electron chi connectivity index (χ0n) is 10.8. The van der Waals surface area contributed by atoms with Crippen molar-refractivity contribution in [2.45, 2.75) is 55.8 Å². The van der Waals surface area contributed by atoms with E-state index in [1.807, 2.05) is 0 Å². The molecule has 7 heteroatoms. The predicted octanol–water partition coefficient (Wildman–Crippen LogP) is 1.75. The number of hydrogen-bond donors (Lipinski definition) is 3. The molecule has 0 aromatic heterocycles. The normalized spacial score (nSPS) is 44.4. The molecule has 0 atom stereocenters. The van der Waals surface area contributed by atoms with Gasteiger partial charge < -0.3 is 15.3 Å². The number of halogens is 4. The second-order valence-corrected chi connectivity index (χ2v) is 6.73. The molecule has 0 aromatic carbocycles. The summed E-state index contributed by atoms with van der Waals surface area (Å²) in [6.45, 7) is 0. The van der Waals surface area contributed by atoms with Crippen LogP contribution in [-0.4, -0.2) is 39.1 Å². The van der Waals surface area contributed by atoms with Crippen LogP contribution in [-0.2, 0) is 0 Å². The molecule has 116 valence electrons. The van der Waals surface area contributed by atoms with Crippen LogP contribution in [0.25, 0.3) is 0 Å². The topological polar surface area (TPSA) is 60.7 Å². The minimum absolute atomic E-state index is 0.243. The number of alkyl halides is 4. The Balaban J connectivity index is 1.99. The quantitative estimate of drug-likeness (QED) is 0.549. The Labute approximate surface area is 113 Å². The van der Waals surface area contributed by atoms with Gasteiger partial charge in [-0.25, -0.2) is 8.78 Å². The maximum absolute atomic E-state index is 14.4. The first-order valence-corrected chi connectivity index (χ1v) is 6.93. The first kappa shape index (κ1) is 14.5. The third-order valence-corrected chi connectivity index (χ3v) is 5.65. The van der Waals surface area contributed by atoms with Gasteiger partial charge in [-0.15, -0.1) is 0 Å². The average molecular weight is 298 g/mol. The zero-order chi connectivity index (χ0) is 14.9. The maximum Gasteiger partial charge on any atom is 0.334 e. The molecule has 4 saturated carbocycles. The predicted molar refractivity (Wildman–Crippen MR) is 60.1 cm³/mol. The number of aliphatic hydroxyl groups is 3. The van der Waals surface area contributed by atoms with Gasteiger partial charge in [0.05, 0.1) is 0 Å². The van der Waals surface area contributed by atoms with Crippen molar-refractivity contribution in [1.29, 1.82) is 0 Å². The van der Waals surface area contributed by atoms with Crippen LogP contribution in [0.4, 0.5) is 17.6 Å². The Morgan fingerprint density at radius 2 is 1.30 bits per heavy atom. The molecule has 0 aromatic rings. The lowest BCUT2D eigenvalue weighted by atomic mass is 9.48. The molecule has 3 N–H and O–H groups in total. The van der Waals surface area contributed by atoms with Gasteiger partial charge in [-0.2, -0.15) is 8.78 Å². The molecule has 0 amide bonds. The van der Waals surface area contributed by atoms with Crippen molar-refractivity contribution in [3.8, 4) is 0 Å².